The first-order chi connectivity index (χ1) is 9.21. The van der Waals surface area contributed by atoms with Crippen LogP contribution >= 0.6 is 0 Å². The highest BCUT2D eigenvalue weighted by Gasteiger charge is 2.34. The number of alkyl halides is 3. The van der Waals surface area contributed by atoms with Crippen LogP contribution in [0.3, 0.4) is 0 Å². The van der Waals surface area contributed by atoms with Gasteiger partial charge in [-0.05, 0) is 31.5 Å². The monoisotopic (exact) mass is 291 g/mol. The molecule has 0 aliphatic carbocycles. The molecular formula is C13H13F4NO2. The molecule has 1 aliphatic heterocycles. The summed E-state index contributed by atoms with van der Waals surface area (Å²) in [5.41, 5.74) is -2.36. The van der Waals surface area contributed by atoms with Crippen molar-refractivity contribution in [3.8, 4) is 0 Å². The first kappa shape index (κ1) is 14.8. The summed E-state index contributed by atoms with van der Waals surface area (Å²) in [6, 6.07) is 1.77. The third-order valence-corrected chi connectivity index (χ3v) is 3.17. The molecule has 0 spiro atoms. The fourth-order valence-electron chi connectivity index (χ4n) is 1.98. The van der Waals surface area contributed by atoms with E-state index in [9.17, 15) is 22.4 Å². The minimum absolute atomic E-state index is 0.249. The molecule has 1 fully saturated rings. The molecule has 20 heavy (non-hydrogen) atoms. The largest absolute Gasteiger partial charge is 0.416 e. The Kier molecular flexibility index (Phi) is 3.73. The molecule has 1 amide bonds. The highest BCUT2D eigenvalue weighted by Crippen LogP contribution is 2.30. The van der Waals surface area contributed by atoms with Crippen LogP contribution in [0.25, 0.3) is 0 Å². The van der Waals surface area contributed by atoms with Crippen LogP contribution in [0, 0.1) is 5.82 Å². The van der Waals surface area contributed by atoms with Crippen molar-refractivity contribution in [1.82, 2.24) is 5.32 Å². The van der Waals surface area contributed by atoms with Gasteiger partial charge < -0.3 is 10.1 Å². The van der Waals surface area contributed by atoms with E-state index < -0.39 is 34.6 Å². The Bertz CT molecular complexity index is 522. The lowest BCUT2D eigenvalue weighted by Crippen LogP contribution is -2.46. The number of rotatable bonds is 2. The molecule has 1 aromatic carbocycles. The van der Waals surface area contributed by atoms with E-state index in [4.69, 9.17) is 4.74 Å². The van der Waals surface area contributed by atoms with Gasteiger partial charge in [0.05, 0.1) is 23.3 Å². The van der Waals surface area contributed by atoms with Gasteiger partial charge in [0.2, 0.25) is 0 Å². The van der Waals surface area contributed by atoms with E-state index in [0.29, 0.717) is 31.2 Å². The Morgan fingerprint density at radius 3 is 2.65 bits per heavy atom. The molecular weight excluding hydrogens is 278 g/mol. The van der Waals surface area contributed by atoms with Crippen LogP contribution in [0.15, 0.2) is 18.2 Å². The number of hydrogen-bond donors (Lipinski definition) is 1. The van der Waals surface area contributed by atoms with Crippen molar-refractivity contribution in [3.05, 3.63) is 35.1 Å². The number of amides is 1. The van der Waals surface area contributed by atoms with E-state index in [2.05, 4.69) is 5.32 Å². The van der Waals surface area contributed by atoms with Gasteiger partial charge in [-0.2, -0.15) is 13.2 Å². The molecule has 2 rings (SSSR count). The minimum atomic E-state index is -4.62. The molecule has 0 saturated carbocycles. The van der Waals surface area contributed by atoms with Gasteiger partial charge in [-0.1, -0.05) is 0 Å². The maximum Gasteiger partial charge on any atom is 0.416 e. The van der Waals surface area contributed by atoms with Crippen molar-refractivity contribution in [2.45, 2.75) is 25.1 Å². The Morgan fingerprint density at radius 2 is 2.10 bits per heavy atom. The maximum absolute atomic E-state index is 13.5. The van der Waals surface area contributed by atoms with Crippen molar-refractivity contribution in [1.29, 1.82) is 0 Å². The molecule has 110 valence electrons. The highest BCUT2D eigenvalue weighted by atomic mass is 19.4. The second-order valence-corrected chi connectivity index (χ2v) is 5.01. The minimum Gasteiger partial charge on any atom is -0.379 e. The van der Waals surface area contributed by atoms with Crippen LogP contribution < -0.4 is 5.32 Å². The Hall–Kier alpha value is -1.63. The molecule has 7 heteroatoms. The average Bonchev–Trinajstić information content (AvgIpc) is 2.74. The number of halogens is 4. The fourth-order valence-corrected chi connectivity index (χ4v) is 1.98. The van der Waals surface area contributed by atoms with Crippen molar-refractivity contribution in [3.63, 3.8) is 0 Å². The van der Waals surface area contributed by atoms with Crippen molar-refractivity contribution in [2.75, 3.05) is 13.2 Å². The van der Waals surface area contributed by atoms with Gasteiger partial charge in [0.15, 0.2) is 0 Å². The SMILES string of the molecule is CC1(NC(=O)c2cc(C(F)(F)F)ccc2F)CCOC1. The van der Waals surface area contributed by atoms with Crippen molar-refractivity contribution >= 4 is 5.91 Å². The second-order valence-electron chi connectivity index (χ2n) is 5.01. The number of nitrogens with one attached hydrogen (secondary N) is 1. The summed E-state index contributed by atoms with van der Waals surface area (Å²) in [5.74, 6) is -1.86. The molecule has 0 bridgehead atoms. The van der Waals surface area contributed by atoms with Crippen LogP contribution in [0.1, 0.15) is 29.3 Å². The normalized spacial score (nSPS) is 22.9. The van der Waals surface area contributed by atoms with Gasteiger partial charge in [0.1, 0.15) is 5.82 Å². The Balaban J connectivity index is 2.25. The third kappa shape index (κ3) is 3.09. The number of ether oxygens (including phenoxy) is 1. The first-order valence-electron chi connectivity index (χ1n) is 5.98. The lowest BCUT2D eigenvalue weighted by atomic mass is 10.0. The molecule has 1 heterocycles. The maximum atomic E-state index is 13.5. The van der Waals surface area contributed by atoms with Crippen molar-refractivity contribution in [2.24, 2.45) is 0 Å². The molecule has 1 N–H and O–H groups in total. The molecule has 3 nitrogen and oxygen atoms in total. The van der Waals surface area contributed by atoms with Gasteiger partial charge in [-0.15, -0.1) is 0 Å². The fraction of sp³-hybridized carbons (Fsp3) is 0.462. The molecule has 1 aliphatic rings. The Labute approximate surface area is 112 Å². The lowest BCUT2D eigenvalue weighted by Gasteiger charge is -2.23. The summed E-state index contributed by atoms with van der Waals surface area (Å²) < 4.78 is 56.4. The van der Waals surface area contributed by atoms with Gasteiger partial charge in [0, 0.05) is 6.61 Å². The Morgan fingerprint density at radius 1 is 1.40 bits per heavy atom. The predicted molar refractivity (Wildman–Crippen MR) is 62.7 cm³/mol. The highest BCUT2D eigenvalue weighted by molar-refractivity contribution is 5.95. The summed E-state index contributed by atoms with van der Waals surface area (Å²) in [7, 11) is 0. The van der Waals surface area contributed by atoms with Crippen LogP contribution in [-0.2, 0) is 10.9 Å². The average molecular weight is 291 g/mol. The van der Waals surface area contributed by atoms with Crippen LogP contribution in [-0.4, -0.2) is 24.7 Å². The standard InChI is InChI=1S/C13H13F4NO2/c1-12(4-5-20-7-12)18-11(19)9-6-8(13(15,16)17)2-3-10(9)14/h2-3,6H,4-5,7H2,1H3,(H,18,19). The summed E-state index contributed by atoms with van der Waals surface area (Å²) in [4.78, 5) is 11.9. The van der Waals surface area contributed by atoms with E-state index >= 15 is 0 Å². The summed E-state index contributed by atoms with van der Waals surface area (Å²) in [5, 5.41) is 2.52. The van der Waals surface area contributed by atoms with Crippen molar-refractivity contribution < 1.29 is 27.1 Å². The van der Waals surface area contributed by atoms with Gasteiger partial charge in [0.25, 0.3) is 5.91 Å². The van der Waals surface area contributed by atoms with Gasteiger partial charge >= 0.3 is 6.18 Å². The molecule has 1 aromatic rings. The quantitative estimate of drug-likeness (QED) is 0.851. The lowest BCUT2D eigenvalue weighted by molar-refractivity contribution is -0.137. The number of carbonyl (C=O) groups excluding carboxylic acids is 1. The molecule has 0 aromatic heterocycles. The van der Waals surface area contributed by atoms with E-state index in [-0.39, 0.29) is 6.61 Å². The van der Waals surface area contributed by atoms with Crippen LogP contribution in [0.4, 0.5) is 17.6 Å². The van der Waals surface area contributed by atoms with Gasteiger partial charge in [-0.25, -0.2) is 4.39 Å². The summed E-state index contributed by atoms with van der Waals surface area (Å²) >= 11 is 0. The summed E-state index contributed by atoms with van der Waals surface area (Å²) in [6.07, 6.45) is -4.09. The second kappa shape index (κ2) is 5.05. The summed E-state index contributed by atoms with van der Waals surface area (Å²) in [6.45, 7) is 2.39. The van der Waals surface area contributed by atoms with Crippen LogP contribution in [0.5, 0.6) is 0 Å². The molecule has 1 atom stereocenters. The molecule has 1 unspecified atom stereocenters. The van der Waals surface area contributed by atoms with E-state index in [0.717, 1.165) is 0 Å². The van der Waals surface area contributed by atoms with E-state index in [1.54, 1.807) is 6.92 Å². The zero-order valence-electron chi connectivity index (χ0n) is 10.7. The van der Waals surface area contributed by atoms with E-state index in [1.807, 2.05) is 0 Å². The van der Waals surface area contributed by atoms with Crippen LogP contribution in [0.2, 0.25) is 0 Å². The third-order valence-electron chi connectivity index (χ3n) is 3.17. The zero-order chi connectivity index (χ0) is 15.0. The number of hydrogen-bond acceptors (Lipinski definition) is 2. The molecule has 1 saturated heterocycles. The zero-order valence-corrected chi connectivity index (χ0v) is 10.7. The van der Waals surface area contributed by atoms with Gasteiger partial charge in [-0.3, -0.25) is 4.79 Å². The smallest absolute Gasteiger partial charge is 0.379 e. The number of benzene rings is 1. The number of carbonyl (C=O) groups is 1. The topological polar surface area (TPSA) is 38.3 Å². The first-order valence-corrected chi connectivity index (χ1v) is 5.98. The molecule has 0 radical (unpaired) electrons. The predicted octanol–water partition coefficient (Wildman–Crippen LogP) is 2.75. The van der Waals surface area contributed by atoms with E-state index in [1.165, 1.54) is 0 Å².